The molecule has 0 aliphatic carbocycles. The number of nitrogens with one attached hydrogen (secondary N) is 1. The quantitative estimate of drug-likeness (QED) is 0.732. The minimum Gasteiger partial charge on any atom is -0.324 e. The van der Waals surface area contributed by atoms with Crippen molar-refractivity contribution in [2.24, 2.45) is 0 Å². The Balaban J connectivity index is 1.57. The molecule has 1 fully saturated rings. The van der Waals surface area contributed by atoms with Gasteiger partial charge in [-0.15, -0.1) is 11.3 Å². The minimum atomic E-state index is -4.55. The molecule has 1 aliphatic heterocycles. The van der Waals surface area contributed by atoms with Crippen LogP contribution >= 0.6 is 22.9 Å². The summed E-state index contributed by atoms with van der Waals surface area (Å²) in [6.45, 7) is 1.01. The highest BCUT2D eigenvalue weighted by Crippen LogP contribution is 2.33. The SMILES string of the molecule is O=C(CN1CCN(S(=O)(=O)c2cccs2)CC1)Nc1cc(C(F)(F)F)ccc1Cl. The molecule has 158 valence electrons. The summed E-state index contributed by atoms with van der Waals surface area (Å²) in [7, 11) is -3.54. The van der Waals surface area contributed by atoms with Crippen LogP contribution in [-0.2, 0) is 21.0 Å². The molecule has 1 aromatic carbocycles. The first-order valence-corrected chi connectivity index (χ1v) is 11.2. The molecule has 2 aromatic rings. The van der Waals surface area contributed by atoms with Crippen LogP contribution in [0, 0.1) is 0 Å². The molecule has 1 amide bonds. The Labute approximate surface area is 174 Å². The second-order valence-corrected chi connectivity index (χ2v) is 9.87. The molecular weight excluding hydrogens is 451 g/mol. The van der Waals surface area contributed by atoms with Crippen molar-refractivity contribution < 1.29 is 26.4 Å². The predicted octanol–water partition coefficient (Wildman–Crippen LogP) is 3.37. The van der Waals surface area contributed by atoms with Gasteiger partial charge in [-0.05, 0) is 29.6 Å². The highest BCUT2D eigenvalue weighted by molar-refractivity contribution is 7.91. The third-order valence-corrected chi connectivity index (χ3v) is 7.96. The first kappa shape index (κ1) is 22.0. The van der Waals surface area contributed by atoms with Gasteiger partial charge in [-0.3, -0.25) is 9.69 Å². The van der Waals surface area contributed by atoms with Gasteiger partial charge in [0.2, 0.25) is 5.91 Å². The van der Waals surface area contributed by atoms with Crippen LogP contribution in [-0.4, -0.2) is 56.3 Å². The summed E-state index contributed by atoms with van der Waals surface area (Å²) >= 11 is 7.02. The Bertz CT molecular complexity index is 974. The summed E-state index contributed by atoms with van der Waals surface area (Å²) in [5.74, 6) is -0.527. The molecular formula is C17H17ClF3N3O3S2. The van der Waals surface area contributed by atoms with E-state index in [1.807, 2.05) is 0 Å². The number of piperazine rings is 1. The molecule has 6 nitrogen and oxygen atoms in total. The van der Waals surface area contributed by atoms with E-state index in [9.17, 15) is 26.4 Å². The number of thiophene rings is 1. The van der Waals surface area contributed by atoms with Crippen LogP contribution in [0.15, 0.2) is 39.9 Å². The fourth-order valence-electron chi connectivity index (χ4n) is 2.86. The monoisotopic (exact) mass is 467 g/mol. The zero-order valence-corrected chi connectivity index (χ0v) is 17.3. The van der Waals surface area contributed by atoms with Crippen LogP contribution in [0.3, 0.4) is 0 Å². The van der Waals surface area contributed by atoms with E-state index in [2.05, 4.69) is 5.32 Å². The summed E-state index contributed by atoms with van der Waals surface area (Å²) in [4.78, 5) is 14.0. The standard InChI is InChI=1S/C17H17ClF3N3O3S2/c18-13-4-3-12(17(19,20)21)10-14(13)22-15(25)11-23-5-7-24(8-6-23)29(26,27)16-2-1-9-28-16/h1-4,9-10H,5-8,11H2,(H,22,25). The van der Waals surface area contributed by atoms with Gasteiger partial charge in [-0.1, -0.05) is 17.7 Å². The third-order valence-electron chi connectivity index (χ3n) is 4.36. The average Bonchev–Trinajstić information content (AvgIpc) is 3.18. The molecule has 12 heteroatoms. The van der Waals surface area contributed by atoms with Crippen LogP contribution < -0.4 is 5.32 Å². The van der Waals surface area contributed by atoms with E-state index in [4.69, 9.17) is 11.6 Å². The molecule has 3 rings (SSSR count). The van der Waals surface area contributed by atoms with Crippen molar-refractivity contribution in [2.45, 2.75) is 10.4 Å². The van der Waals surface area contributed by atoms with Gasteiger partial charge in [-0.2, -0.15) is 17.5 Å². The van der Waals surface area contributed by atoms with Gasteiger partial charge in [0.05, 0.1) is 22.8 Å². The first-order chi connectivity index (χ1) is 13.6. The lowest BCUT2D eigenvalue weighted by atomic mass is 10.2. The Hall–Kier alpha value is -1.66. The molecule has 1 saturated heterocycles. The number of carbonyl (C=O) groups excluding carboxylic acids is 1. The van der Waals surface area contributed by atoms with E-state index >= 15 is 0 Å². The zero-order chi connectivity index (χ0) is 21.2. The van der Waals surface area contributed by atoms with Gasteiger partial charge in [0.15, 0.2) is 0 Å². The Kier molecular flexibility index (Phi) is 6.54. The van der Waals surface area contributed by atoms with Crippen LogP contribution in [0.2, 0.25) is 5.02 Å². The van der Waals surface area contributed by atoms with E-state index in [0.717, 1.165) is 29.5 Å². The third kappa shape index (κ3) is 5.28. The molecule has 0 spiro atoms. The van der Waals surface area contributed by atoms with E-state index in [0.29, 0.717) is 13.1 Å². The minimum absolute atomic E-state index is 0.00166. The number of hydrogen-bond donors (Lipinski definition) is 1. The maximum absolute atomic E-state index is 12.8. The molecule has 0 radical (unpaired) electrons. The highest BCUT2D eigenvalue weighted by Gasteiger charge is 2.32. The highest BCUT2D eigenvalue weighted by atomic mass is 35.5. The average molecular weight is 468 g/mol. The van der Waals surface area contributed by atoms with Crippen molar-refractivity contribution in [3.05, 3.63) is 46.3 Å². The molecule has 0 atom stereocenters. The zero-order valence-electron chi connectivity index (χ0n) is 14.9. The van der Waals surface area contributed by atoms with Crippen molar-refractivity contribution in [3.63, 3.8) is 0 Å². The number of anilines is 1. The van der Waals surface area contributed by atoms with Crippen molar-refractivity contribution in [1.29, 1.82) is 0 Å². The summed E-state index contributed by atoms with van der Waals surface area (Å²) in [6, 6.07) is 5.90. The van der Waals surface area contributed by atoms with Gasteiger partial charge in [0.25, 0.3) is 10.0 Å². The van der Waals surface area contributed by atoms with E-state index < -0.39 is 27.7 Å². The Morgan fingerprint density at radius 2 is 1.86 bits per heavy atom. The summed E-state index contributed by atoms with van der Waals surface area (Å²) < 4.78 is 65.1. The summed E-state index contributed by atoms with van der Waals surface area (Å²) in [5.41, 5.74) is -1.03. The molecule has 0 bridgehead atoms. The summed E-state index contributed by atoms with van der Waals surface area (Å²) in [6.07, 6.45) is -4.55. The number of benzene rings is 1. The Morgan fingerprint density at radius 3 is 2.45 bits per heavy atom. The number of rotatable bonds is 5. The number of alkyl halides is 3. The number of nitrogens with zero attached hydrogens (tertiary/aromatic N) is 2. The van der Waals surface area contributed by atoms with Crippen molar-refractivity contribution >= 4 is 44.6 Å². The topological polar surface area (TPSA) is 69.7 Å². The van der Waals surface area contributed by atoms with E-state index in [1.165, 1.54) is 4.31 Å². The van der Waals surface area contributed by atoms with Crippen molar-refractivity contribution in [3.8, 4) is 0 Å². The molecule has 1 aliphatic rings. The number of amides is 1. The summed E-state index contributed by atoms with van der Waals surface area (Å²) in [5, 5.41) is 4.08. The number of carbonyl (C=O) groups is 1. The number of halogens is 4. The maximum atomic E-state index is 12.8. The predicted molar refractivity (Wildman–Crippen MR) is 105 cm³/mol. The lowest BCUT2D eigenvalue weighted by molar-refractivity contribution is -0.137. The van der Waals surface area contributed by atoms with E-state index in [-0.39, 0.29) is 34.6 Å². The Morgan fingerprint density at radius 1 is 1.17 bits per heavy atom. The van der Waals surface area contributed by atoms with Crippen LogP contribution in [0.25, 0.3) is 0 Å². The molecule has 1 aromatic heterocycles. The lowest BCUT2D eigenvalue weighted by Gasteiger charge is -2.33. The van der Waals surface area contributed by atoms with Gasteiger partial charge in [-0.25, -0.2) is 8.42 Å². The van der Waals surface area contributed by atoms with Crippen LogP contribution in [0.4, 0.5) is 18.9 Å². The van der Waals surface area contributed by atoms with Gasteiger partial charge in [0.1, 0.15) is 4.21 Å². The van der Waals surface area contributed by atoms with Gasteiger partial charge < -0.3 is 5.32 Å². The molecule has 29 heavy (non-hydrogen) atoms. The first-order valence-electron chi connectivity index (χ1n) is 8.50. The molecule has 2 heterocycles. The molecule has 0 unspecified atom stereocenters. The van der Waals surface area contributed by atoms with Crippen molar-refractivity contribution in [1.82, 2.24) is 9.21 Å². The lowest BCUT2D eigenvalue weighted by Crippen LogP contribution is -2.50. The maximum Gasteiger partial charge on any atom is 0.416 e. The molecule has 1 N–H and O–H groups in total. The largest absolute Gasteiger partial charge is 0.416 e. The number of sulfonamides is 1. The fraction of sp³-hybridized carbons (Fsp3) is 0.353. The van der Waals surface area contributed by atoms with Crippen molar-refractivity contribution in [2.75, 3.05) is 38.0 Å². The van der Waals surface area contributed by atoms with Gasteiger partial charge in [0, 0.05) is 26.2 Å². The smallest absolute Gasteiger partial charge is 0.324 e. The van der Waals surface area contributed by atoms with Crippen LogP contribution in [0.5, 0.6) is 0 Å². The molecule has 0 saturated carbocycles. The fourth-order valence-corrected chi connectivity index (χ4v) is 5.59. The van der Waals surface area contributed by atoms with Crippen LogP contribution in [0.1, 0.15) is 5.56 Å². The second kappa shape index (κ2) is 8.60. The normalized spacial score (nSPS) is 16.7. The van der Waals surface area contributed by atoms with Gasteiger partial charge >= 0.3 is 6.18 Å². The second-order valence-electron chi connectivity index (χ2n) is 6.35. The number of hydrogen-bond acceptors (Lipinski definition) is 5. The van der Waals surface area contributed by atoms with E-state index in [1.54, 1.807) is 22.4 Å².